The zero-order valence-electron chi connectivity index (χ0n) is 10.3. The van der Waals surface area contributed by atoms with E-state index >= 15 is 0 Å². The molecule has 0 aliphatic carbocycles. The van der Waals surface area contributed by atoms with Crippen molar-refractivity contribution in [3.63, 3.8) is 0 Å². The third-order valence-corrected chi connectivity index (χ3v) is 2.77. The summed E-state index contributed by atoms with van der Waals surface area (Å²) in [7, 11) is -4.77. The molecule has 0 saturated heterocycles. The first-order valence-electron chi connectivity index (χ1n) is 5.56. The van der Waals surface area contributed by atoms with Gasteiger partial charge in [-0.05, 0) is 30.5 Å². The minimum Gasteiger partial charge on any atom is -0.504 e. The second-order valence-corrected chi connectivity index (χ2v) is 5.13. The van der Waals surface area contributed by atoms with Crippen LogP contribution >= 0.6 is 0 Å². The number of rotatable bonds is 7. The SMILES string of the molecule is O=C(O)CCC(O)Cc1ccc(O)c(OS(=O)(=O)O)c1. The Hall–Kier alpha value is -1.84. The fourth-order valence-electron chi connectivity index (χ4n) is 1.53. The summed E-state index contributed by atoms with van der Waals surface area (Å²) in [4.78, 5) is 10.4. The number of carboxylic acids is 1. The Morgan fingerprint density at radius 2 is 2.00 bits per heavy atom. The van der Waals surface area contributed by atoms with E-state index in [0.29, 0.717) is 5.56 Å². The Labute approximate surface area is 115 Å². The van der Waals surface area contributed by atoms with Gasteiger partial charge in [0.25, 0.3) is 0 Å². The number of benzene rings is 1. The maximum atomic E-state index is 10.6. The van der Waals surface area contributed by atoms with E-state index in [1.807, 2.05) is 0 Å². The van der Waals surface area contributed by atoms with Gasteiger partial charge >= 0.3 is 16.4 Å². The molecule has 0 saturated carbocycles. The third kappa shape index (κ3) is 5.87. The zero-order chi connectivity index (χ0) is 15.3. The normalized spacial score (nSPS) is 12.9. The lowest BCUT2D eigenvalue weighted by molar-refractivity contribution is -0.137. The van der Waals surface area contributed by atoms with Gasteiger partial charge in [-0.3, -0.25) is 9.35 Å². The van der Waals surface area contributed by atoms with Gasteiger partial charge in [-0.2, -0.15) is 8.42 Å². The highest BCUT2D eigenvalue weighted by Crippen LogP contribution is 2.28. The average Bonchev–Trinajstić information content (AvgIpc) is 2.29. The summed E-state index contributed by atoms with van der Waals surface area (Å²) in [5.74, 6) is -2.01. The van der Waals surface area contributed by atoms with Crippen molar-refractivity contribution in [1.29, 1.82) is 0 Å². The highest BCUT2D eigenvalue weighted by molar-refractivity contribution is 7.81. The van der Waals surface area contributed by atoms with Crippen LogP contribution in [0.25, 0.3) is 0 Å². The summed E-state index contributed by atoms with van der Waals surface area (Å²) in [6, 6.07) is 3.68. The van der Waals surface area contributed by atoms with E-state index in [1.165, 1.54) is 6.07 Å². The summed E-state index contributed by atoms with van der Waals surface area (Å²) >= 11 is 0. The quantitative estimate of drug-likeness (QED) is 0.528. The van der Waals surface area contributed by atoms with Crippen molar-refractivity contribution in [3.05, 3.63) is 23.8 Å². The smallest absolute Gasteiger partial charge is 0.446 e. The molecule has 0 radical (unpaired) electrons. The molecule has 20 heavy (non-hydrogen) atoms. The predicted molar refractivity (Wildman–Crippen MR) is 66.9 cm³/mol. The van der Waals surface area contributed by atoms with Crippen LogP contribution in [0.4, 0.5) is 0 Å². The van der Waals surface area contributed by atoms with Crippen LogP contribution in [0.2, 0.25) is 0 Å². The van der Waals surface area contributed by atoms with Crippen LogP contribution < -0.4 is 4.18 Å². The molecule has 1 atom stereocenters. The van der Waals surface area contributed by atoms with E-state index in [1.54, 1.807) is 0 Å². The van der Waals surface area contributed by atoms with Crippen molar-refractivity contribution in [2.75, 3.05) is 0 Å². The second-order valence-electron chi connectivity index (χ2n) is 4.10. The third-order valence-electron chi connectivity index (χ3n) is 2.38. The minimum atomic E-state index is -4.77. The average molecular weight is 306 g/mol. The van der Waals surface area contributed by atoms with E-state index < -0.39 is 34.0 Å². The Morgan fingerprint density at radius 3 is 2.55 bits per heavy atom. The first-order valence-corrected chi connectivity index (χ1v) is 6.92. The second kappa shape index (κ2) is 6.55. The monoisotopic (exact) mass is 306 g/mol. The van der Waals surface area contributed by atoms with Crippen LogP contribution in [0, 0.1) is 0 Å². The van der Waals surface area contributed by atoms with Crippen molar-refractivity contribution in [1.82, 2.24) is 0 Å². The highest BCUT2D eigenvalue weighted by Gasteiger charge is 2.14. The standard InChI is InChI=1S/C11H14O8S/c12-8(2-4-11(14)15)5-7-1-3-9(13)10(6-7)19-20(16,17)18/h1,3,6,8,12-13H,2,4-5H2,(H,14,15)(H,16,17,18). The van der Waals surface area contributed by atoms with E-state index in [-0.39, 0.29) is 19.3 Å². The highest BCUT2D eigenvalue weighted by atomic mass is 32.3. The van der Waals surface area contributed by atoms with Crippen molar-refractivity contribution in [2.24, 2.45) is 0 Å². The van der Waals surface area contributed by atoms with E-state index in [4.69, 9.17) is 9.66 Å². The molecule has 0 aliphatic heterocycles. The fourth-order valence-corrected chi connectivity index (χ4v) is 1.89. The lowest BCUT2D eigenvalue weighted by Gasteiger charge is -2.11. The van der Waals surface area contributed by atoms with Crippen LogP contribution in [-0.2, 0) is 21.6 Å². The molecule has 8 nitrogen and oxygen atoms in total. The number of hydrogen-bond acceptors (Lipinski definition) is 6. The number of carbonyl (C=O) groups is 1. The van der Waals surface area contributed by atoms with Gasteiger partial charge in [0.2, 0.25) is 0 Å². The molecule has 0 bridgehead atoms. The van der Waals surface area contributed by atoms with E-state index in [2.05, 4.69) is 4.18 Å². The van der Waals surface area contributed by atoms with Crippen LogP contribution in [-0.4, -0.2) is 40.4 Å². The molecule has 1 unspecified atom stereocenters. The van der Waals surface area contributed by atoms with Crippen LogP contribution in [0.5, 0.6) is 11.5 Å². The molecule has 1 rings (SSSR count). The van der Waals surface area contributed by atoms with Gasteiger partial charge < -0.3 is 19.5 Å². The number of phenols is 1. The van der Waals surface area contributed by atoms with Gasteiger partial charge in [0.15, 0.2) is 11.5 Å². The topological polar surface area (TPSA) is 141 Å². The molecule has 1 aromatic rings. The number of aliphatic carboxylic acids is 1. The molecule has 1 aromatic carbocycles. The molecule has 0 spiro atoms. The first kappa shape index (κ1) is 16.2. The van der Waals surface area contributed by atoms with Crippen molar-refractivity contribution >= 4 is 16.4 Å². The van der Waals surface area contributed by atoms with Crippen molar-refractivity contribution in [2.45, 2.75) is 25.4 Å². The lowest BCUT2D eigenvalue weighted by Crippen LogP contribution is -2.13. The molecule has 0 heterocycles. The van der Waals surface area contributed by atoms with E-state index in [9.17, 15) is 23.4 Å². The van der Waals surface area contributed by atoms with E-state index in [0.717, 1.165) is 12.1 Å². The molecule has 0 fully saturated rings. The van der Waals surface area contributed by atoms with Gasteiger partial charge in [0, 0.05) is 6.42 Å². The number of aromatic hydroxyl groups is 1. The molecule has 0 aliphatic rings. The maximum Gasteiger partial charge on any atom is 0.446 e. The summed E-state index contributed by atoms with van der Waals surface area (Å²) in [5, 5.41) is 27.5. The molecule has 4 N–H and O–H groups in total. The Morgan fingerprint density at radius 1 is 1.35 bits per heavy atom. The summed E-state index contributed by atoms with van der Waals surface area (Å²) in [5.41, 5.74) is 0.416. The fraction of sp³-hybridized carbons (Fsp3) is 0.364. The molecular formula is C11H14O8S. The van der Waals surface area contributed by atoms with Crippen molar-refractivity contribution in [3.8, 4) is 11.5 Å². The number of phenolic OH excluding ortho intramolecular Hbond substituents is 1. The number of aliphatic hydroxyl groups is 1. The van der Waals surface area contributed by atoms with Gasteiger partial charge in [-0.25, -0.2) is 0 Å². The predicted octanol–water partition coefficient (Wildman–Crippen LogP) is 0.342. The Kier molecular flexibility index (Phi) is 5.31. The van der Waals surface area contributed by atoms with Gasteiger partial charge in [0.05, 0.1) is 6.10 Å². The van der Waals surface area contributed by atoms with Crippen LogP contribution in [0.1, 0.15) is 18.4 Å². The lowest BCUT2D eigenvalue weighted by atomic mass is 10.0. The first-order chi connectivity index (χ1) is 9.17. The zero-order valence-corrected chi connectivity index (χ0v) is 11.1. The molecule has 0 aromatic heterocycles. The summed E-state index contributed by atoms with van der Waals surface area (Å²) in [6.45, 7) is 0. The minimum absolute atomic E-state index is 0.0324. The molecule has 9 heteroatoms. The molecular weight excluding hydrogens is 292 g/mol. The van der Waals surface area contributed by atoms with Crippen LogP contribution in [0.15, 0.2) is 18.2 Å². The maximum absolute atomic E-state index is 10.6. The van der Waals surface area contributed by atoms with Gasteiger partial charge in [-0.1, -0.05) is 6.07 Å². The Bertz CT molecular complexity index is 580. The summed E-state index contributed by atoms with van der Waals surface area (Å²) in [6.07, 6.45) is -1.05. The van der Waals surface area contributed by atoms with Crippen molar-refractivity contribution < 1.29 is 37.3 Å². The number of carboxylic acid groups (broad SMARTS) is 1. The molecule has 0 amide bonds. The summed E-state index contributed by atoms with van der Waals surface area (Å²) < 4.78 is 33.8. The Balaban J connectivity index is 2.77. The number of hydrogen-bond donors (Lipinski definition) is 4. The number of aliphatic hydroxyl groups excluding tert-OH is 1. The van der Waals surface area contributed by atoms with Gasteiger partial charge in [0.1, 0.15) is 0 Å². The van der Waals surface area contributed by atoms with Crippen LogP contribution in [0.3, 0.4) is 0 Å². The molecule has 112 valence electrons. The van der Waals surface area contributed by atoms with Gasteiger partial charge in [-0.15, -0.1) is 0 Å². The largest absolute Gasteiger partial charge is 0.504 e.